The average molecular weight is 560 g/mol. The topological polar surface area (TPSA) is 65.7 Å². The second kappa shape index (κ2) is 12.0. The molecule has 0 aliphatic rings. The summed E-state index contributed by atoms with van der Waals surface area (Å²) in [5, 5.41) is 5.08. The van der Waals surface area contributed by atoms with Crippen LogP contribution in [0.5, 0.6) is 11.5 Å². The monoisotopic (exact) mass is 559 g/mol. The van der Waals surface area contributed by atoms with Gasteiger partial charge in [-0.25, -0.2) is 4.98 Å². The van der Waals surface area contributed by atoms with Gasteiger partial charge in [-0.15, -0.1) is 6.58 Å². The summed E-state index contributed by atoms with van der Waals surface area (Å²) in [6.45, 7) is 10.7. The van der Waals surface area contributed by atoms with Crippen molar-refractivity contribution in [3.8, 4) is 11.5 Å². The van der Waals surface area contributed by atoms with Gasteiger partial charge in [0.15, 0.2) is 11.5 Å². The van der Waals surface area contributed by atoms with Gasteiger partial charge in [0.1, 0.15) is 12.4 Å². The molecule has 0 unspecified atom stereocenters. The van der Waals surface area contributed by atoms with Crippen molar-refractivity contribution in [3.63, 3.8) is 0 Å². The van der Waals surface area contributed by atoms with Crippen molar-refractivity contribution in [2.24, 2.45) is 5.10 Å². The van der Waals surface area contributed by atoms with Crippen molar-refractivity contribution in [1.29, 1.82) is 0 Å². The zero-order valence-corrected chi connectivity index (χ0v) is 22.9. The highest BCUT2D eigenvalue weighted by Crippen LogP contribution is 2.34. The summed E-state index contributed by atoms with van der Waals surface area (Å²) >= 11 is 3.45. The normalized spacial score (nSPS) is 11.4. The Labute approximate surface area is 225 Å². The Kier molecular flexibility index (Phi) is 8.56. The quantitative estimate of drug-likeness (QED) is 0.157. The first-order valence-corrected chi connectivity index (χ1v) is 13.0. The van der Waals surface area contributed by atoms with Gasteiger partial charge in [0, 0.05) is 16.0 Å². The lowest BCUT2D eigenvalue weighted by Gasteiger charge is -2.17. The highest BCUT2D eigenvalue weighted by molar-refractivity contribution is 9.10. The van der Waals surface area contributed by atoms with Gasteiger partial charge < -0.3 is 9.47 Å². The van der Waals surface area contributed by atoms with E-state index in [2.05, 4.69) is 27.6 Å². The molecule has 1 heterocycles. The van der Waals surface area contributed by atoms with Crippen LogP contribution in [0.1, 0.15) is 49.2 Å². The second-order valence-electron chi connectivity index (χ2n) is 8.86. The number of hydrogen-bond donors (Lipinski definition) is 0. The first kappa shape index (κ1) is 26.4. The third-order valence-corrected chi connectivity index (χ3v) is 6.21. The fourth-order valence-electron chi connectivity index (χ4n) is 4.00. The highest BCUT2D eigenvalue weighted by Gasteiger charge is 2.16. The fourth-order valence-corrected chi connectivity index (χ4v) is 4.36. The number of ether oxygens (including phenoxy) is 2. The van der Waals surface area contributed by atoms with Gasteiger partial charge >= 0.3 is 0 Å². The minimum Gasteiger partial charge on any atom is -0.490 e. The van der Waals surface area contributed by atoms with E-state index in [1.54, 1.807) is 12.3 Å². The maximum atomic E-state index is 13.4. The SMILES string of the molecule is C=CCc1cc(C=Nn2c(C(C)C)nc3ccc(Br)cc3c2=O)cc(OCC)c1OCc1ccccc1. The highest BCUT2D eigenvalue weighted by atomic mass is 79.9. The summed E-state index contributed by atoms with van der Waals surface area (Å²) < 4.78 is 14.4. The smallest absolute Gasteiger partial charge is 0.282 e. The molecule has 4 aromatic rings. The Balaban J connectivity index is 1.76. The summed E-state index contributed by atoms with van der Waals surface area (Å²) in [6, 6.07) is 19.4. The van der Waals surface area contributed by atoms with Crippen LogP contribution in [-0.4, -0.2) is 22.5 Å². The number of fused-ring (bicyclic) bond motifs is 1. The molecule has 0 atom stereocenters. The molecule has 0 N–H and O–H groups in total. The molecule has 0 bridgehead atoms. The van der Waals surface area contributed by atoms with Crippen LogP contribution in [0.4, 0.5) is 0 Å². The van der Waals surface area contributed by atoms with E-state index in [1.165, 1.54) is 4.68 Å². The predicted octanol–water partition coefficient (Wildman–Crippen LogP) is 6.87. The van der Waals surface area contributed by atoms with Crippen molar-refractivity contribution in [2.75, 3.05) is 6.61 Å². The summed E-state index contributed by atoms with van der Waals surface area (Å²) in [7, 11) is 0. The van der Waals surface area contributed by atoms with E-state index >= 15 is 0 Å². The second-order valence-corrected chi connectivity index (χ2v) is 9.77. The molecule has 7 heteroatoms. The lowest BCUT2D eigenvalue weighted by molar-refractivity contribution is 0.267. The molecular weight excluding hydrogens is 530 g/mol. The molecule has 37 heavy (non-hydrogen) atoms. The minimum atomic E-state index is -0.217. The third kappa shape index (κ3) is 6.17. The molecule has 0 saturated heterocycles. The third-order valence-electron chi connectivity index (χ3n) is 5.72. The first-order chi connectivity index (χ1) is 17.9. The van der Waals surface area contributed by atoms with E-state index < -0.39 is 0 Å². The molecule has 0 aliphatic heterocycles. The van der Waals surface area contributed by atoms with E-state index in [0.29, 0.717) is 47.9 Å². The zero-order chi connectivity index (χ0) is 26.4. The van der Waals surface area contributed by atoms with Crippen molar-refractivity contribution >= 4 is 33.0 Å². The van der Waals surface area contributed by atoms with Gasteiger partial charge in [-0.2, -0.15) is 9.78 Å². The Morgan fingerprint density at radius 1 is 1.11 bits per heavy atom. The molecule has 190 valence electrons. The molecule has 0 aliphatic carbocycles. The van der Waals surface area contributed by atoms with Gasteiger partial charge in [-0.1, -0.05) is 66.2 Å². The number of rotatable bonds is 10. The molecule has 0 amide bonds. The zero-order valence-electron chi connectivity index (χ0n) is 21.3. The molecule has 4 rings (SSSR count). The minimum absolute atomic E-state index is 0.00183. The van der Waals surface area contributed by atoms with Crippen molar-refractivity contribution in [3.05, 3.63) is 111 Å². The van der Waals surface area contributed by atoms with Crippen LogP contribution in [0.25, 0.3) is 10.9 Å². The van der Waals surface area contributed by atoms with Crippen LogP contribution in [0, 0.1) is 0 Å². The van der Waals surface area contributed by atoms with Crippen LogP contribution in [0.2, 0.25) is 0 Å². The number of hydrogen-bond acceptors (Lipinski definition) is 5. The number of allylic oxidation sites excluding steroid dienone is 1. The fraction of sp³-hybridized carbons (Fsp3) is 0.233. The molecule has 3 aromatic carbocycles. The van der Waals surface area contributed by atoms with Crippen molar-refractivity contribution in [1.82, 2.24) is 9.66 Å². The van der Waals surface area contributed by atoms with E-state index in [-0.39, 0.29) is 11.5 Å². The Hall–Kier alpha value is -3.71. The first-order valence-electron chi connectivity index (χ1n) is 12.2. The summed E-state index contributed by atoms with van der Waals surface area (Å²) in [5.41, 5.74) is 3.20. The molecule has 0 saturated carbocycles. The number of benzene rings is 3. The molecule has 6 nitrogen and oxygen atoms in total. The largest absolute Gasteiger partial charge is 0.490 e. The summed E-state index contributed by atoms with van der Waals surface area (Å²) in [6.07, 6.45) is 4.08. The molecule has 1 aromatic heterocycles. The molecule has 0 spiro atoms. The van der Waals surface area contributed by atoms with E-state index in [4.69, 9.17) is 14.5 Å². The van der Waals surface area contributed by atoms with E-state index in [1.807, 2.05) is 81.4 Å². The summed E-state index contributed by atoms with van der Waals surface area (Å²) in [4.78, 5) is 18.1. The van der Waals surface area contributed by atoms with Crippen LogP contribution < -0.4 is 15.0 Å². The Morgan fingerprint density at radius 3 is 2.59 bits per heavy atom. The van der Waals surface area contributed by atoms with Gasteiger partial charge in [0.25, 0.3) is 5.56 Å². The standard InChI is InChI=1S/C30H30BrN3O3/c1-5-10-23-15-22(16-27(36-6-2)28(23)37-19-21-11-8-7-9-12-21)18-32-34-29(20(3)4)33-26-14-13-24(31)17-25(26)30(34)35/h5,7-9,11-18,20H,1,6,10,19H2,2-4H3. The van der Waals surface area contributed by atoms with Crippen LogP contribution in [-0.2, 0) is 13.0 Å². The van der Waals surface area contributed by atoms with Gasteiger partial charge in [-0.3, -0.25) is 4.79 Å². The van der Waals surface area contributed by atoms with Gasteiger partial charge in [0.2, 0.25) is 0 Å². The van der Waals surface area contributed by atoms with Crippen molar-refractivity contribution < 1.29 is 9.47 Å². The van der Waals surface area contributed by atoms with Gasteiger partial charge in [0.05, 0.1) is 23.7 Å². The maximum Gasteiger partial charge on any atom is 0.282 e. The lowest BCUT2D eigenvalue weighted by Crippen LogP contribution is -2.23. The lowest BCUT2D eigenvalue weighted by atomic mass is 10.1. The average Bonchev–Trinajstić information content (AvgIpc) is 2.88. The maximum absolute atomic E-state index is 13.4. The Morgan fingerprint density at radius 2 is 1.89 bits per heavy atom. The predicted molar refractivity (Wildman–Crippen MR) is 153 cm³/mol. The summed E-state index contributed by atoms with van der Waals surface area (Å²) in [5.74, 6) is 1.90. The number of nitrogens with zero attached hydrogens (tertiary/aromatic N) is 3. The van der Waals surface area contributed by atoms with Gasteiger partial charge in [-0.05, 0) is 54.8 Å². The molecule has 0 radical (unpaired) electrons. The van der Waals surface area contributed by atoms with Crippen molar-refractivity contribution in [2.45, 2.75) is 39.7 Å². The molecular formula is C30H30BrN3O3. The van der Waals surface area contributed by atoms with E-state index in [0.717, 1.165) is 21.2 Å². The number of halogens is 1. The van der Waals surface area contributed by atoms with Crippen LogP contribution >= 0.6 is 15.9 Å². The van der Waals surface area contributed by atoms with E-state index in [9.17, 15) is 4.79 Å². The Bertz CT molecular complexity index is 1490. The number of aromatic nitrogens is 2. The van der Waals surface area contributed by atoms with Crippen LogP contribution in [0.15, 0.2) is 87.7 Å². The molecule has 0 fully saturated rings. The van der Waals surface area contributed by atoms with Crippen LogP contribution in [0.3, 0.4) is 0 Å².